The molecule has 0 saturated heterocycles. The first-order valence-electron chi connectivity index (χ1n) is 9.46. The number of nitrogens with zero attached hydrogens (tertiary/aromatic N) is 2. The summed E-state index contributed by atoms with van der Waals surface area (Å²) in [6.45, 7) is 1.39. The van der Waals surface area contributed by atoms with Crippen LogP contribution in [0.25, 0.3) is 10.9 Å². The summed E-state index contributed by atoms with van der Waals surface area (Å²) in [5.74, 6) is -2.81. The number of carboxylic acid groups (broad SMARTS) is 1. The number of ether oxygens (including phenoxy) is 1. The van der Waals surface area contributed by atoms with E-state index < -0.39 is 24.2 Å². The van der Waals surface area contributed by atoms with E-state index in [0.717, 1.165) is 0 Å². The minimum atomic E-state index is -4.83. The highest BCUT2D eigenvalue weighted by atomic mass is 19.4. The van der Waals surface area contributed by atoms with Gasteiger partial charge in [-0.3, -0.25) is 9.59 Å². The molecule has 0 fully saturated rings. The number of fused-ring (bicyclic) bond motifs is 1. The van der Waals surface area contributed by atoms with E-state index in [1.807, 2.05) is 6.07 Å². The average molecular weight is 445 g/mol. The fourth-order valence-electron chi connectivity index (χ4n) is 3.15. The quantitative estimate of drug-likeness (QED) is 0.574. The van der Waals surface area contributed by atoms with Gasteiger partial charge in [0.15, 0.2) is 0 Å². The highest BCUT2D eigenvalue weighted by Gasteiger charge is 2.31. The summed E-state index contributed by atoms with van der Waals surface area (Å²) in [6.07, 6.45) is -4.83. The second-order valence-corrected chi connectivity index (χ2v) is 7.15. The van der Waals surface area contributed by atoms with Crippen LogP contribution in [-0.2, 0) is 11.3 Å². The molecular formula is C22H18F3N3O4. The Kier molecular flexibility index (Phi) is 6.39. The zero-order valence-corrected chi connectivity index (χ0v) is 16.8. The van der Waals surface area contributed by atoms with E-state index in [1.54, 1.807) is 34.9 Å². The number of nitriles is 1. The monoisotopic (exact) mass is 445 g/mol. The lowest BCUT2D eigenvalue weighted by Crippen LogP contribution is -2.32. The minimum Gasteiger partial charge on any atom is -0.481 e. The molecule has 32 heavy (non-hydrogen) atoms. The van der Waals surface area contributed by atoms with Crippen LogP contribution in [0.5, 0.6) is 5.75 Å². The van der Waals surface area contributed by atoms with E-state index >= 15 is 0 Å². The summed E-state index contributed by atoms with van der Waals surface area (Å²) in [7, 11) is 0. The molecular weight excluding hydrogens is 427 g/mol. The van der Waals surface area contributed by atoms with E-state index in [-0.39, 0.29) is 24.5 Å². The molecule has 0 saturated carbocycles. The predicted octanol–water partition coefficient (Wildman–Crippen LogP) is 3.91. The lowest BCUT2D eigenvalue weighted by Gasteiger charge is -2.14. The molecule has 1 atom stereocenters. The van der Waals surface area contributed by atoms with E-state index in [1.165, 1.54) is 25.1 Å². The van der Waals surface area contributed by atoms with Crippen molar-refractivity contribution in [3.05, 3.63) is 65.4 Å². The lowest BCUT2D eigenvalue weighted by atomic mass is 10.1. The molecule has 0 aliphatic carbocycles. The molecule has 2 N–H and O–H groups in total. The van der Waals surface area contributed by atoms with E-state index in [9.17, 15) is 22.8 Å². The minimum absolute atomic E-state index is 0.0433. The second-order valence-electron chi connectivity index (χ2n) is 7.15. The molecule has 1 heterocycles. The Morgan fingerprint density at radius 2 is 1.97 bits per heavy atom. The summed E-state index contributed by atoms with van der Waals surface area (Å²) in [5.41, 5.74) is 1.58. The summed E-state index contributed by atoms with van der Waals surface area (Å²) in [5, 5.41) is 21.3. The molecule has 0 aliphatic heterocycles. The molecule has 0 spiro atoms. The number of halogens is 3. The molecule has 7 nitrogen and oxygen atoms in total. The third kappa shape index (κ3) is 5.37. The average Bonchev–Trinajstić information content (AvgIpc) is 3.08. The van der Waals surface area contributed by atoms with Crippen molar-refractivity contribution < 1.29 is 32.6 Å². The number of carbonyl (C=O) groups is 2. The van der Waals surface area contributed by atoms with Crippen LogP contribution < -0.4 is 10.1 Å². The zero-order valence-electron chi connectivity index (χ0n) is 16.8. The van der Waals surface area contributed by atoms with Gasteiger partial charge < -0.3 is 19.7 Å². The van der Waals surface area contributed by atoms with Crippen molar-refractivity contribution in [2.75, 3.05) is 6.54 Å². The predicted molar refractivity (Wildman–Crippen MR) is 108 cm³/mol. The number of benzene rings is 2. The SMILES string of the molecule is CC(CNC(=O)c1cc2cc(C#N)ccc2n1Cc1cccc(OC(F)(F)F)c1)C(=O)O. The fourth-order valence-corrected chi connectivity index (χ4v) is 3.15. The normalized spacial score (nSPS) is 12.2. The van der Waals surface area contributed by atoms with Gasteiger partial charge in [-0.15, -0.1) is 13.2 Å². The van der Waals surface area contributed by atoms with Gasteiger partial charge in [-0.05, 0) is 42.0 Å². The van der Waals surface area contributed by atoms with Crippen LogP contribution in [0.4, 0.5) is 13.2 Å². The summed E-state index contributed by atoms with van der Waals surface area (Å²) in [6, 6.07) is 13.7. The number of nitrogens with one attached hydrogen (secondary N) is 1. The zero-order chi connectivity index (χ0) is 23.5. The number of carboxylic acids is 1. The van der Waals surface area contributed by atoms with Crippen LogP contribution in [0.15, 0.2) is 48.5 Å². The molecule has 0 bridgehead atoms. The van der Waals surface area contributed by atoms with Gasteiger partial charge in [0.1, 0.15) is 11.4 Å². The van der Waals surface area contributed by atoms with E-state index in [4.69, 9.17) is 10.4 Å². The number of aromatic nitrogens is 1. The summed E-state index contributed by atoms with van der Waals surface area (Å²) in [4.78, 5) is 23.8. The standard InChI is InChI=1S/C22H18F3N3O4/c1-13(21(30)31)11-27-20(29)19-9-16-7-14(10-26)5-6-18(16)28(19)12-15-3-2-4-17(8-15)32-22(23,24)25/h2-9,13H,11-12H2,1H3,(H,27,29)(H,30,31). The third-order valence-corrected chi connectivity index (χ3v) is 4.73. The fraction of sp³-hybridized carbons (Fsp3) is 0.227. The number of aliphatic carboxylic acids is 1. The van der Waals surface area contributed by atoms with Gasteiger partial charge in [-0.2, -0.15) is 5.26 Å². The Morgan fingerprint density at radius 1 is 1.22 bits per heavy atom. The first kappa shape index (κ1) is 22.7. The number of carbonyl (C=O) groups excluding carboxylic acids is 1. The van der Waals surface area contributed by atoms with Crippen LogP contribution in [-0.4, -0.2) is 34.5 Å². The number of alkyl halides is 3. The smallest absolute Gasteiger partial charge is 0.481 e. The highest BCUT2D eigenvalue weighted by Crippen LogP contribution is 2.26. The van der Waals surface area contributed by atoms with Gasteiger partial charge in [0.25, 0.3) is 5.91 Å². The first-order chi connectivity index (χ1) is 15.1. The van der Waals surface area contributed by atoms with Gasteiger partial charge in [0.05, 0.1) is 17.6 Å². The Balaban J connectivity index is 1.98. The van der Waals surface area contributed by atoms with E-state index in [0.29, 0.717) is 22.0 Å². The number of rotatable bonds is 7. The maximum absolute atomic E-state index is 12.8. The van der Waals surface area contributed by atoms with Crippen molar-refractivity contribution in [1.82, 2.24) is 9.88 Å². The van der Waals surface area contributed by atoms with Crippen LogP contribution >= 0.6 is 0 Å². The molecule has 0 aliphatic rings. The van der Waals surface area contributed by atoms with Crippen LogP contribution in [0.2, 0.25) is 0 Å². The van der Waals surface area contributed by atoms with Crippen molar-refractivity contribution in [3.8, 4) is 11.8 Å². The maximum Gasteiger partial charge on any atom is 0.573 e. The van der Waals surface area contributed by atoms with Gasteiger partial charge >= 0.3 is 12.3 Å². The Morgan fingerprint density at radius 3 is 2.62 bits per heavy atom. The van der Waals surface area contributed by atoms with Crippen LogP contribution in [0.1, 0.15) is 28.5 Å². The molecule has 10 heteroatoms. The number of amides is 1. The molecule has 3 rings (SSSR count). The molecule has 0 radical (unpaired) electrons. The lowest BCUT2D eigenvalue weighted by molar-refractivity contribution is -0.274. The van der Waals surface area contributed by atoms with Crippen molar-refractivity contribution in [3.63, 3.8) is 0 Å². The van der Waals surface area contributed by atoms with Gasteiger partial charge in [0.2, 0.25) is 0 Å². The molecule has 2 aromatic carbocycles. The van der Waals surface area contributed by atoms with Gasteiger partial charge in [-0.25, -0.2) is 0 Å². The largest absolute Gasteiger partial charge is 0.573 e. The molecule has 166 valence electrons. The second kappa shape index (κ2) is 9.01. The first-order valence-corrected chi connectivity index (χ1v) is 9.46. The van der Waals surface area contributed by atoms with E-state index in [2.05, 4.69) is 10.1 Å². The van der Waals surface area contributed by atoms with Gasteiger partial charge in [0, 0.05) is 24.0 Å². The topological polar surface area (TPSA) is 104 Å². The molecule has 1 amide bonds. The molecule has 1 aromatic heterocycles. The Bertz CT molecular complexity index is 1210. The molecule has 1 unspecified atom stereocenters. The van der Waals surface area contributed by atoms with Crippen molar-refractivity contribution in [2.45, 2.75) is 19.8 Å². The van der Waals surface area contributed by atoms with Crippen LogP contribution in [0, 0.1) is 17.2 Å². The highest BCUT2D eigenvalue weighted by molar-refractivity contribution is 5.99. The number of hydrogen-bond donors (Lipinski definition) is 2. The third-order valence-electron chi connectivity index (χ3n) is 4.73. The van der Waals surface area contributed by atoms with Gasteiger partial charge in [-0.1, -0.05) is 19.1 Å². The van der Waals surface area contributed by atoms with Crippen molar-refractivity contribution in [2.24, 2.45) is 5.92 Å². The Hall–Kier alpha value is -4.00. The maximum atomic E-state index is 12.8. The Labute approximate surface area is 180 Å². The summed E-state index contributed by atoms with van der Waals surface area (Å²) >= 11 is 0. The molecule has 3 aromatic rings. The number of hydrogen-bond acceptors (Lipinski definition) is 4. The van der Waals surface area contributed by atoms with Crippen molar-refractivity contribution in [1.29, 1.82) is 5.26 Å². The van der Waals surface area contributed by atoms with Crippen LogP contribution in [0.3, 0.4) is 0 Å². The summed E-state index contributed by atoms with van der Waals surface area (Å²) < 4.78 is 43.2. The van der Waals surface area contributed by atoms with Crippen molar-refractivity contribution >= 4 is 22.8 Å².